The third kappa shape index (κ3) is 4.41. The second kappa shape index (κ2) is 9.10. The minimum Gasteiger partial charge on any atom is -0.465 e. The molecule has 0 spiro atoms. The van der Waals surface area contributed by atoms with Gasteiger partial charge in [0.25, 0.3) is 5.91 Å². The number of halogens is 1. The molecule has 2 aromatic carbocycles. The van der Waals surface area contributed by atoms with Gasteiger partial charge in [0.2, 0.25) is 0 Å². The highest BCUT2D eigenvalue weighted by Gasteiger charge is 2.19. The molecule has 9 nitrogen and oxygen atoms in total. The van der Waals surface area contributed by atoms with Crippen LogP contribution in [0.25, 0.3) is 0 Å². The summed E-state index contributed by atoms with van der Waals surface area (Å²) in [5.41, 5.74) is 12.9. The monoisotopic (exact) mass is 426 g/mol. The van der Waals surface area contributed by atoms with Crippen LogP contribution in [-0.2, 0) is 4.74 Å². The van der Waals surface area contributed by atoms with Crippen molar-refractivity contribution < 1.29 is 14.3 Å². The number of carbonyl (C=O) groups excluding carboxylic acids is 2. The molecular weight excluding hydrogens is 408 g/mol. The molecule has 154 valence electrons. The van der Waals surface area contributed by atoms with Crippen molar-refractivity contribution in [2.75, 3.05) is 30.2 Å². The van der Waals surface area contributed by atoms with Crippen LogP contribution in [0.3, 0.4) is 0 Å². The summed E-state index contributed by atoms with van der Waals surface area (Å²) in [7, 11) is 3.01. The van der Waals surface area contributed by atoms with E-state index in [1.165, 1.54) is 19.5 Å². The number of nitrogen functional groups attached to an aromatic ring is 1. The molecule has 0 radical (unpaired) electrons. The normalized spacial score (nSPS) is 10.2. The first-order valence-electron chi connectivity index (χ1n) is 8.76. The maximum atomic E-state index is 12.3. The molecule has 0 atom stereocenters. The fourth-order valence-electron chi connectivity index (χ4n) is 2.73. The van der Waals surface area contributed by atoms with Crippen LogP contribution in [0.2, 0.25) is 5.02 Å². The molecule has 0 fully saturated rings. The van der Waals surface area contributed by atoms with Crippen molar-refractivity contribution in [3.05, 3.63) is 71.0 Å². The maximum Gasteiger partial charge on any atom is 0.339 e. The van der Waals surface area contributed by atoms with Crippen LogP contribution in [0.15, 0.2) is 54.9 Å². The first kappa shape index (κ1) is 20.9. The van der Waals surface area contributed by atoms with E-state index in [1.807, 2.05) is 0 Å². The number of hydrogen-bond acceptors (Lipinski definition) is 8. The van der Waals surface area contributed by atoms with Gasteiger partial charge in [-0.25, -0.2) is 14.8 Å². The molecule has 1 aromatic heterocycles. The highest BCUT2D eigenvalue weighted by Crippen LogP contribution is 2.32. The number of nitrogens with zero attached hydrogens (tertiary/aromatic N) is 3. The van der Waals surface area contributed by atoms with Gasteiger partial charge in [-0.3, -0.25) is 15.6 Å². The molecule has 0 unspecified atom stereocenters. The Labute approximate surface area is 177 Å². The summed E-state index contributed by atoms with van der Waals surface area (Å²) >= 11 is 5.91. The number of hydrazine groups is 1. The minimum absolute atomic E-state index is 0.172. The highest BCUT2D eigenvalue weighted by atomic mass is 35.5. The van der Waals surface area contributed by atoms with E-state index in [1.54, 1.807) is 54.4 Å². The molecule has 30 heavy (non-hydrogen) atoms. The third-order valence-corrected chi connectivity index (χ3v) is 4.47. The summed E-state index contributed by atoms with van der Waals surface area (Å²) in [6.07, 6.45) is 1.29. The Morgan fingerprint density at radius 1 is 1.13 bits per heavy atom. The number of methoxy groups -OCH3 is 1. The standard InChI is InChI=1S/C20H19ClN6O3/c1-27(15-9-4-3-8-14(15)20(29)30-2)18-16(22)17(23-11-24-18)25-26-19(28)12-6-5-7-13(21)10-12/h3-11H,22H2,1-2H3,(H,26,28)(H,23,24,25). The summed E-state index contributed by atoms with van der Waals surface area (Å²) in [5.74, 6) is -0.378. The fraction of sp³-hybridized carbons (Fsp3) is 0.100. The summed E-state index contributed by atoms with van der Waals surface area (Å²) in [6.45, 7) is 0. The van der Waals surface area contributed by atoms with Gasteiger partial charge >= 0.3 is 5.97 Å². The van der Waals surface area contributed by atoms with E-state index in [0.29, 0.717) is 27.7 Å². The Bertz CT molecular complexity index is 1090. The van der Waals surface area contributed by atoms with Crippen LogP contribution in [-0.4, -0.2) is 36.0 Å². The molecule has 0 aliphatic heterocycles. The third-order valence-electron chi connectivity index (χ3n) is 4.23. The van der Waals surface area contributed by atoms with E-state index in [9.17, 15) is 9.59 Å². The molecule has 0 saturated heterocycles. The van der Waals surface area contributed by atoms with Gasteiger partial charge in [0.05, 0.1) is 18.4 Å². The average Bonchev–Trinajstić information content (AvgIpc) is 2.77. The molecule has 10 heteroatoms. The zero-order valence-corrected chi connectivity index (χ0v) is 17.0. The predicted octanol–water partition coefficient (Wildman–Crippen LogP) is 3.02. The van der Waals surface area contributed by atoms with Crippen LogP contribution in [0.1, 0.15) is 20.7 Å². The zero-order valence-electron chi connectivity index (χ0n) is 16.2. The Kier molecular flexibility index (Phi) is 6.33. The molecular formula is C20H19ClN6O3. The Hall–Kier alpha value is -3.85. The molecule has 1 heterocycles. The second-order valence-electron chi connectivity index (χ2n) is 6.12. The van der Waals surface area contributed by atoms with E-state index in [4.69, 9.17) is 22.1 Å². The number of para-hydroxylation sites is 1. The van der Waals surface area contributed by atoms with Crippen LogP contribution in [0, 0.1) is 0 Å². The predicted molar refractivity (Wildman–Crippen MR) is 115 cm³/mol. The lowest BCUT2D eigenvalue weighted by Gasteiger charge is -2.23. The van der Waals surface area contributed by atoms with Crippen molar-refractivity contribution in [2.45, 2.75) is 0 Å². The number of hydrogen-bond donors (Lipinski definition) is 3. The van der Waals surface area contributed by atoms with Gasteiger partial charge in [-0.05, 0) is 30.3 Å². The van der Waals surface area contributed by atoms with E-state index >= 15 is 0 Å². The number of carbonyl (C=O) groups is 2. The van der Waals surface area contributed by atoms with Gasteiger partial charge in [-0.15, -0.1) is 0 Å². The molecule has 0 aliphatic rings. The first-order valence-corrected chi connectivity index (χ1v) is 9.13. The number of anilines is 4. The SMILES string of the molecule is COC(=O)c1ccccc1N(C)c1ncnc(NNC(=O)c2cccc(Cl)c2)c1N. The highest BCUT2D eigenvalue weighted by molar-refractivity contribution is 6.31. The fourth-order valence-corrected chi connectivity index (χ4v) is 2.92. The van der Waals surface area contributed by atoms with Crippen LogP contribution in [0.4, 0.5) is 23.0 Å². The Morgan fingerprint density at radius 3 is 2.63 bits per heavy atom. The van der Waals surface area contributed by atoms with Crippen LogP contribution < -0.4 is 21.5 Å². The van der Waals surface area contributed by atoms with Crippen molar-refractivity contribution in [1.82, 2.24) is 15.4 Å². The second-order valence-corrected chi connectivity index (χ2v) is 6.55. The molecule has 0 bridgehead atoms. The number of aromatic nitrogens is 2. The molecule has 4 N–H and O–H groups in total. The van der Waals surface area contributed by atoms with Crippen LogP contribution >= 0.6 is 11.6 Å². The van der Waals surface area contributed by atoms with Crippen molar-refractivity contribution >= 4 is 46.5 Å². The number of amides is 1. The number of rotatable bonds is 6. The quantitative estimate of drug-likeness (QED) is 0.406. The summed E-state index contributed by atoms with van der Waals surface area (Å²) in [6, 6.07) is 13.4. The van der Waals surface area contributed by atoms with Gasteiger partial charge in [0.1, 0.15) is 12.0 Å². The minimum atomic E-state index is -0.489. The number of benzene rings is 2. The maximum absolute atomic E-state index is 12.3. The van der Waals surface area contributed by atoms with Gasteiger partial charge in [-0.1, -0.05) is 29.8 Å². The largest absolute Gasteiger partial charge is 0.465 e. The summed E-state index contributed by atoms with van der Waals surface area (Å²) in [4.78, 5) is 34.3. The smallest absolute Gasteiger partial charge is 0.339 e. The molecule has 1 amide bonds. The average molecular weight is 427 g/mol. The lowest BCUT2D eigenvalue weighted by Crippen LogP contribution is -2.30. The van der Waals surface area contributed by atoms with Gasteiger partial charge in [0, 0.05) is 17.6 Å². The molecule has 3 rings (SSSR count). The Balaban J connectivity index is 1.83. The molecule has 0 saturated carbocycles. The number of nitrogens with one attached hydrogen (secondary N) is 2. The van der Waals surface area contributed by atoms with Crippen molar-refractivity contribution in [1.29, 1.82) is 0 Å². The van der Waals surface area contributed by atoms with Gasteiger partial charge < -0.3 is 15.4 Å². The Morgan fingerprint density at radius 2 is 1.90 bits per heavy atom. The van der Waals surface area contributed by atoms with E-state index in [-0.39, 0.29) is 11.5 Å². The van der Waals surface area contributed by atoms with E-state index in [2.05, 4.69) is 20.8 Å². The van der Waals surface area contributed by atoms with Crippen molar-refractivity contribution in [3.8, 4) is 0 Å². The number of esters is 1. The van der Waals surface area contributed by atoms with Gasteiger partial charge in [0.15, 0.2) is 11.6 Å². The topological polar surface area (TPSA) is 122 Å². The summed E-state index contributed by atoms with van der Waals surface area (Å²) < 4.78 is 4.83. The zero-order chi connectivity index (χ0) is 21.7. The van der Waals surface area contributed by atoms with Crippen LogP contribution in [0.5, 0.6) is 0 Å². The van der Waals surface area contributed by atoms with Gasteiger partial charge in [-0.2, -0.15) is 0 Å². The molecule has 3 aromatic rings. The number of nitrogens with two attached hydrogens (primary N) is 1. The lowest BCUT2D eigenvalue weighted by molar-refractivity contribution is 0.0601. The van der Waals surface area contributed by atoms with Crippen molar-refractivity contribution in [3.63, 3.8) is 0 Å². The number of ether oxygens (including phenoxy) is 1. The molecule has 0 aliphatic carbocycles. The lowest BCUT2D eigenvalue weighted by atomic mass is 10.1. The van der Waals surface area contributed by atoms with E-state index < -0.39 is 11.9 Å². The van der Waals surface area contributed by atoms with E-state index in [0.717, 1.165) is 0 Å². The van der Waals surface area contributed by atoms with Crippen molar-refractivity contribution in [2.24, 2.45) is 0 Å². The summed E-state index contributed by atoms with van der Waals surface area (Å²) in [5, 5.41) is 0.442. The first-order chi connectivity index (χ1) is 14.4.